The van der Waals surface area contributed by atoms with E-state index in [1.807, 2.05) is 18.7 Å². The summed E-state index contributed by atoms with van der Waals surface area (Å²) in [4.78, 5) is 22.8. The summed E-state index contributed by atoms with van der Waals surface area (Å²) in [5, 5.41) is 12.2. The van der Waals surface area contributed by atoms with Crippen molar-refractivity contribution >= 4 is 29.7 Å². The first kappa shape index (κ1) is 15.6. The topological polar surface area (TPSA) is 66.4 Å². The van der Waals surface area contributed by atoms with E-state index in [0.29, 0.717) is 17.4 Å². The number of thioether (sulfide) groups is 1. The number of carbonyl (C=O) groups is 2. The highest BCUT2D eigenvalue weighted by Gasteiger charge is 2.17. The lowest BCUT2D eigenvalue weighted by Crippen LogP contribution is -2.30. The lowest BCUT2D eigenvalue weighted by molar-refractivity contribution is -0.131. The quantitative estimate of drug-likeness (QED) is 0.821. The normalized spacial score (nSPS) is 18.0. The molecule has 0 bridgehead atoms. The number of carboxylic acids is 1. The second-order valence-electron chi connectivity index (χ2n) is 5.04. The van der Waals surface area contributed by atoms with Crippen LogP contribution in [0.2, 0.25) is 0 Å². The number of nitrogens with one attached hydrogen (secondary N) is 1. The Balaban J connectivity index is 2.06. The molecule has 2 rings (SSSR count). The largest absolute Gasteiger partial charge is 0.478 e. The van der Waals surface area contributed by atoms with Crippen molar-refractivity contribution in [1.82, 2.24) is 5.32 Å². The lowest BCUT2D eigenvalue weighted by atomic mass is 10.0. The summed E-state index contributed by atoms with van der Waals surface area (Å²) < 4.78 is 0. The lowest BCUT2D eigenvalue weighted by Gasteiger charge is -2.12. The van der Waals surface area contributed by atoms with Crippen molar-refractivity contribution in [2.75, 3.05) is 12.3 Å². The molecule has 1 heterocycles. The molecule has 1 fully saturated rings. The Bertz CT molecular complexity index is 563. The van der Waals surface area contributed by atoms with Crippen molar-refractivity contribution < 1.29 is 14.7 Å². The molecule has 1 aliphatic heterocycles. The van der Waals surface area contributed by atoms with Gasteiger partial charge in [0.15, 0.2) is 0 Å². The third-order valence-corrected chi connectivity index (χ3v) is 4.94. The summed E-state index contributed by atoms with van der Waals surface area (Å²) in [5.41, 5.74) is 2.15. The average Bonchev–Trinajstić information content (AvgIpc) is 2.97. The molecule has 2 N–H and O–H groups in total. The summed E-state index contributed by atoms with van der Waals surface area (Å²) in [6.45, 7) is 2.53. The maximum Gasteiger partial charge on any atom is 0.328 e. The number of hydrogen-bond donors (Lipinski definition) is 2. The molecule has 1 atom stereocenters. The van der Waals surface area contributed by atoms with E-state index in [1.54, 1.807) is 18.2 Å². The van der Waals surface area contributed by atoms with E-state index in [9.17, 15) is 9.59 Å². The fourth-order valence-electron chi connectivity index (χ4n) is 2.35. The number of carboxylic acid groups (broad SMARTS) is 1. The van der Waals surface area contributed by atoms with Gasteiger partial charge in [-0.15, -0.1) is 0 Å². The number of hydrogen-bond acceptors (Lipinski definition) is 3. The predicted molar refractivity (Wildman–Crippen MR) is 85.7 cm³/mol. The van der Waals surface area contributed by atoms with Gasteiger partial charge in [0.05, 0.1) is 0 Å². The summed E-state index contributed by atoms with van der Waals surface area (Å²) in [6.07, 6.45) is 4.98. The van der Waals surface area contributed by atoms with Gasteiger partial charge < -0.3 is 10.4 Å². The first-order valence-electron chi connectivity index (χ1n) is 6.98. The van der Waals surface area contributed by atoms with Gasteiger partial charge >= 0.3 is 5.97 Å². The van der Waals surface area contributed by atoms with Crippen molar-refractivity contribution in [3.63, 3.8) is 0 Å². The monoisotopic (exact) mass is 305 g/mol. The van der Waals surface area contributed by atoms with Crippen LogP contribution in [0.1, 0.15) is 34.3 Å². The van der Waals surface area contributed by atoms with Crippen LogP contribution in [0.15, 0.2) is 24.3 Å². The average molecular weight is 305 g/mol. The molecule has 5 heteroatoms. The third kappa shape index (κ3) is 4.36. The van der Waals surface area contributed by atoms with Crippen molar-refractivity contribution in [3.05, 3.63) is 41.0 Å². The van der Waals surface area contributed by atoms with Crippen molar-refractivity contribution in [3.8, 4) is 0 Å². The molecule has 1 amide bonds. The van der Waals surface area contributed by atoms with E-state index < -0.39 is 5.97 Å². The Morgan fingerprint density at radius 2 is 2.29 bits per heavy atom. The molecule has 1 aliphatic rings. The maximum absolute atomic E-state index is 12.3. The zero-order chi connectivity index (χ0) is 15.2. The van der Waals surface area contributed by atoms with Gasteiger partial charge in [0.25, 0.3) is 5.91 Å². The standard InChI is InChI=1S/C16H19NO3S/c1-11-12(7-8-15(18)19)4-2-6-14(11)16(20)17-10-13-5-3-9-21-13/h2,4,6-8,13H,3,5,9-10H2,1H3,(H,17,20)(H,18,19)/b8-7+. The van der Waals surface area contributed by atoms with Crippen LogP contribution in [0.25, 0.3) is 6.08 Å². The van der Waals surface area contributed by atoms with E-state index in [4.69, 9.17) is 5.11 Å². The molecule has 1 unspecified atom stereocenters. The Morgan fingerprint density at radius 1 is 1.48 bits per heavy atom. The highest BCUT2D eigenvalue weighted by atomic mass is 32.2. The van der Waals surface area contributed by atoms with E-state index >= 15 is 0 Å². The third-order valence-electron chi connectivity index (χ3n) is 3.54. The number of amides is 1. The van der Waals surface area contributed by atoms with E-state index in [1.165, 1.54) is 18.2 Å². The predicted octanol–water partition coefficient (Wildman–Crippen LogP) is 2.72. The minimum absolute atomic E-state index is 0.0921. The van der Waals surface area contributed by atoms with Crippen LogP contribution < -0.4 is 5.32 Å². The summed E-state index contributed by atoms with van der Waals surface area (Å²) in [6, 6.07) is 5.34. The first-order valence-corrected chi connectivity index (χ1v) is 8.03. The van der Waals surface area contributed by atoms with Crippen LogP contribution in [0.3, 0.4) is 0 Å². The second-order valence-corrected chi connectivity index (χ2v) is 6.44. The number of aliphatic carboxylic acids is 1. The molecule has 21 heavy (non-hydrogen) atoms. The van der Waals surface area contributed by atoms with Crippen LogP contribution in [0, 0.1) is 6.92 Å². The number of rotatable bonds is 5. The minimum Gasteiger partial charge on any atom is -0.478 e. The van der Waals surface area contributed by atoms with Crippen LogP contribution in [-0.4, -0.2) is 34.5 Å². The second kappa shape index (κ2) is 7.31. The molecule has 0 aliphatic carbocycles. The molecule has 1 aromatic carbocycles. The molecule has 4 nitrogen and oxygen atoms in total. The van der Waals surface area contributed by atoms with Crippen molar-refractivity contribution in [1.29, 1.82) is 0 Å². The molecule has 0 spiro atoms. The minimum atomic E-state index is -0.998. The maximum atomic E-state index is 12.3. The van der Waals surface area contributed by atoms with Crippen LogP contribution >= 0.6 is 11.8 Å². The number of carbonyl (C=O) groups excluding carboxylic acids is 1. The fraction of sp³-hybridized carbons (Fsp3) is 0.375. The highest BCUT2D eigenvalue weighted by molar-refractivity contribution is 8.00. The molecule has 0 saturated carbocycles. The van der Waals surface area contributed by atoms with Crippen LogP contribution in [0.5, 0.6) is 0 Å². The smallest absolute Gasteiger partial charge is 0.328 e. The first-order chi connectivity index (χ1) is 10.1. The van der Waals surface area contributed by atoms with E-state index in [0.717, 1.165) is 23.6 Å². The van der Waals surface area contributed by atoms with Crippen molar-refractivity contribution in [2.45, 2.75) is 25.0 Å². The van der Waals surface area contributed by atoms with E-state index in [-0.39, 0.29) is 5.91 Å². The summed E-state index contributed by atoms with van der Waals surface area (Å²) in [7, 11) is 0. The van der Waals surface area contributed by atoms with Crippen LogP contribution in [-0.2, 0) is 4.79 Å². The van der Waals surface area contributed by atoms with Gasteiger partial charge in [0.1, 0.15) is 0 Å². The van der Waals surface area contributed by atoms with Gasteiger partial charge in [-0.25, -0.2) is 4.79 Å². The Hall–Kier alpha value is -1.75. The van der Waals surface area contributed by atoms with Crippen LogP contribution in [0.4, 0.5) is 0 Å². The Labute approximate surface area is 128 Å². The van der Waals surface area contributed by atoms with Gasteiger partial charge in [-0.3, -0.25) is 4.79 Å². The van der Waals surface area contributed by atoms with Gasteiger partial charge in [0.2, 0.25) is 0 Å². The molecule has 1 aromatic rings. The van der Waals surface area contributed by atoms with Crippen molar-refractivity contribution in [2.24, 2.45) is 0 Å². The van der Waals surface area contributed by atoms with E-state index in [2.05, 4.69) is 5.32 Å². The Kier molecular flexibility index (Phi) is 5.44. The zero-order valence-corrected chi connectivity index (χ0v) is 12.8. The Morgan fingerprint density at radius 3 is 2.95 bits per heavy atom. The van der Waals surface area contributed by atoms with Gasteiger partial charge in [-0.2, -0.15) is 11.8 Å². The molecule has 112 valence electrons. The summed E-state index contributed by atoms with van der Waals surface area (Å²) in [5.74, 6) is 0.0859. The molecule has 0 radical (unpaired) electrons. The molecular weight excluding hydrogens is 286 g/mol. The van der Waals surface area contributed by atoms with Gasteiger partial charge in [-0.1, -0.05) is 12.1 Å². The van der Waals surface area contributed by atoms with Gasteiger partial charge in [0, 0.05) is 23.4 Å². The molecule has 1 saturated heterocycles. The SMILES string of the molecule is Cc1c(/C=C/C(=O)O)cccc1C(=O)NCC1CCCS1. The highest BCUT2D eigenvalue weighted by Crippen LogP contribution is 2.25. The zero-order valence-electron chi connectivity index (χ0n) is 12.0. The number of benzene rings is 1. The fourth-order valence-corrected chi connectivity index (χ4v) is 3.55. The summed E-state index contributed by atoms with van der Waals surface area (Å²) >= 11 is 1.91. The van der Waals surface area contributed by atoms with Gasteiger partial charge in [-0.05, 0) is 48.8 Å². The molecular formula is C16H19NO3S. The molecule has 0 aromatic heterocycles.